The van der Waals surface area contributed by atoms with Crippen molar-refractivity contribution in [3.63, 3.8) is 0 Å². The molecule has 6 heteroatoms. The molecule has 5 nitrogen and oxygen atoms in total. The number of rotatable bonds is 5. The fourth-order valence-electron chi connectivity index (χ4n) is 3.27. The molecular weight excluding hydrogens is 420 g/mol. The van der Waals surface area contributed by atoms with Crippen LogP contribution in [0.2, 0.25) is 0 Å². The lowest BCUT2D eigenvalue weighted by Gasteiger charge is -2.24. The Morgan fingerprint density at radius 1 is 1.14 bits per heavy atom. The predicted molar refractivity (Wildman–Crippen MR) is 114 cm³/mol. The van der Waals surface area contributed by atoms with Crippen LogP contribution in [0.15, 0.2) is 71.2 Å². The quantitative estimate of drug-likeness (QED) is 0.328. The number of amides is 1. The van der Waals surface area contributed by atoms with Gasteiger partial charge in [-0.2, -0.15) is 0 Å². The van der Waals surface area contributed by atoms with Gasteiger partial charge in [-0.05, 0) is 29.8 Å². The van der Waals surface area contributed by atoms with Crippen molar-refractivity contribution in [1.29, 1.82) is 0 Å². The lowest BCUT2D eigenvalue weighted by Crippen LogP contribution is -2.29. The molecule has 1 heterocycles. The number of nitrogens with zero attached hydrogens (tertiary/aromatic N) is 2. The highest BCUT2D eigenvalue weighted by Crippen LogP contribution is 2.39. The number of likely N-dealkylation sites (tertiary alicyclic amines) is 1. The SMILES string of the molecule is C=CCN1C(=O)C(=O)/C(=C(/O)c2ccc(Br)cc2)C1c1ccc(N(C)C)cc1. The first-order valence-electron chi connectivity index (χ1n) is 8.77. The maximum absolute atomic E-state index is 12.8. The number of hydrogen-bond donors (Lipinski definition) is 1. The Morgan fingerprint density at radius 2 is 1.75 bits per heavy atom. The predicted octanol–water partition coefficient (Wildman–Crippen LogP) is 4.12. The normalized spacial score (nSPS) is 18.4. The Kier molecular flexibility index (Phi) is 5.70. The molecule has 1 aliphatic heterocycles. The summed E-state index contributed by atoms with van der Waals surface area (Å²) in [7, 11) is 3.87. The minimum absolute atomic E-state index is 0.0896. The third kappa shape index (κ3) is 3.60. The van der Waals surface area contributed by atoms with Crippen LogP contribution in [0.3, 0.4) is 0 Å². The molecule has 1 unspecified atom stereocenters. The van der Waals surface area contributed by atoms with E-state index in [2.05, 4.69) is 22.5 Å². The fourth-order valence-corrected chi connectivity index (χ4v) is 3.54. The molecule has 1 saturated heterocycles. The van der Waals surface area contributed by atoms with E-state index in [4.69, 9.17) is 0 Å². The van der Waals surface area contributed by atoms with Gasteiger partial charge in [-0.3, -0.25) is 9.59 Å². The molecule has 1 aliphatic rings. The fraction of sp³-hybridized carbons (Fsp3) is 0.182. The first-order valence-corrected chi connectivity index (χ1v) is 9.57. The van der Waals surface area contributed by atoms with Crippen molar-refractivity contribution in [1.82, 2.24) is 4.90 Å². The minimum Gasteiger partial charge on any atom is -0.507 e. The van der Waals surface area contributed by atoms with Crippen LogP contribution in [0.4, 0.5) is 5.69 Å². The second-order valence-electron chi connectivity index (χ2n) is 6.73. The van der Waals surface area contributed by atoms with Gasteiger partial charge in [0.2, 0.25) is 0 Å². The topological polar surface area (TPSA) is 60.9 Å². The van der Waals surface area contributed by atoms with Crippen molar-refractivity contribution >= 4 is 39.1 Å². The summed E-state index contributed by atoms with van der Waals surface area (Å²) in [4.78, 5) is 28.8. The molecule has 1 atom stereocenters. The van der Waals surface area contributed by atoms with E-state index in [9.17, 15) is 14.7 Å². The van der Waals surface area contributed by atoms with Crippen LogP contribution in [0.5, 0.6) is 0 Å². The van der Waals surface area contributed by atoms with Gasteiger partial charge >= 0.3 is 0 Å². The molecule has 0 spiro atoms. The third-order valence-electron chi connectivity index (χ3n) is 4.71. The first kappa shape index (κ1) is 19.9. The summed E-state index contributed by atoms with van der Waals surface area (Å²) in [6, 6.07) is 13.9. The van der Waals surface area contributed by atoms with Crippen LogP contribution in [0.1, 0.15) is 17.2 Å². The van der Waals surface area contributed by atoms with E-state index in [1.54, 1.807) is 30.3 Å². The molecule has 2 aromatic carbocycles. The van der Waals surface area contributed by atoms with Crippen LogP contribution in [-0.4, -0.2) is 42.3 Å². The molecule has 1 fully saturated rings. The number of benzene rings is 2. The van der Waals surface area contributed by atoms with Crippen LogP contribution < -0.4 is 4.90 Å². The Morgan fingerprint density at radius 3 is 2.29 bits per heavy atom. The molecule has 1 N–H and O–H groups in total. The number of anilines is 1. The zero-order chi connectivity index (χ0) is 20.4. The lowest BCUT2D eigenvalue weighted by atomic mass is 9.95. The molecule has 2 aromatic rings. The molecule has 0 bridgehead atoms. The van der Waals surface area contributed by atoms with Crippen LogP contribution >= 0.6 is 15.9 Å². The summed E-state index contributed by atoms with van der Waals surface area (Å²) in [5.41, 5.74) is 2.32. The average molecular weight is 441 g/mol. The number of halogens is 1. The monoisotopic (exact) mass is 440 g/mol. The van der Waals surface area contributed by atoms with Gasteiger partial charge in [0.25, 0.3) is 11.7 Å². The number of aliphatic hydroxyl groups is 1. The molecular formula is C22H21BrN2O3. The van der Waals surface area contributed by atoms with E-state index in [1.165, 1.54) is 4.90 Å². The van der Waals surface area contributed by atoms with E-state index >= 15 is 0 Å². The first-order chi connectivity index (χ1) is 13.3. The smallest absolute Gasteiger partial charge is 0.295 e. The molecule has 1 amide bonds. The highest BCUT2D eigenvalue weighted by molar-refractivity contribution is 9.10. The molecule has 144 valence electrons. The highest BCUT2D eigenvalue weighted by atomic mass is 79.9. The summed E-state index contributed by atoms with van der Waals surface area (Å²) >= 11 is 3.35. The number of aliphatic hydroxyl groups excluding tert-OH is 1. The van der Waals surface area contributed by atoms with Gasteiger partial charge in [0.15, 0.2) is 0 Å². The van der Waals surface area contributed by atoms with E-state index in [1.807, 2.05) is 43.3 Å². The average Bonchev–Trinajstić information content (AvgIpc) is 2.93. The van der Waals surface area contributed by atoms with Gasteiger partial charge in [-0.1, -0.05) is 46.3 Å². The Hall–Kier alpha value is -2.86. The molecule has 0 radical (unpaired) electrons. The standard InChI is InChI=1S/C22H21BrN2O3/c1-4-13-25-19(14-7-11-17(12-8-14)24(2)3)18(21(27)22(25)28)20(26)15-5-9-16(23)10-6-15/h4-12,19,26H,1,13H2,2-3H3/b20-18+. The van der Waals surface area contributed by atoms with Gasteiger partial charge in [-0.25, -0.2) is 0 Å². The maximum Gasteiger partial charge on any atom is 0.295 e. The van der Waals surface area contributed by atoms with Crippen molar-refractivity contribution in [2.75, 3.05) is 25.5 Å². The van der Waals surface area contributed by atoms with Crippen molar-refractivity contribution in [3.8, 4) is 0 Å². The number of ketones is 1. The van der Waals surface area contributed by atoms with E-state index in [0.717, 1.165) is 15.7 Å². The Labute approximate surface area is 172 Å². The van der Waals surface area contributed by atoms with Crippen LogP contribution in [-0.2, 0) is 9.59 Å². The summed E-state index contributed by atoms with van der Waals surface area (Å²) in [6.45, 7) is 3.90. The second-order valence-corrected chi connectivity index (χ2v) is 7.65. The second kappa shape index (κ2) is 8.02. The van der Waals surface area contributed by atoms with Crippen molar-refractivity contribution < 1.29 is 14.7 Å². The van der Waals surface area contributed by atoms with E-state index in [-0.39, 0.29) is 17.9 Å². The molecule has 28 heavy (non-hydrogen) atoms. The third-order valence-corrected chi connectivity index (χ3v) is 5.24. The summed E-state index contributed by atoms with van der Waals surface area (Å²) in [5.74, 6) is -1.51. The lowest BCUT2D eigenvalue weighted by molar-refractivity contribution is -0.139. The zero-order valence-electron chi connectivity index (χ0n) is 15.7. The number of hydrogen-bond acceptors (Lipinski definition) is 4. The van der Waals surface area contributed by atoms with Gasteiger partial charge in [-0.15, -0.1) is 6.58 Å². The summed E-state index contributed by atoms with van der Waals surface area (Å²) in [5, 5.41) is 10.9. The van der Waals surface area contributed by atoms with Crippen molar-refractivity contribution in [2.45, 2.75) is 6.04 Å². The summed E-state index contributed by atoms with van der Waals surface area (Å²) in [6.07, 6.45) is 1.58. The van der Waals surface area contributed by atoms with E-state index < -0.39 is 17.7 Å². The Balaban J connectivity index is 2.15. The highest BCUT2D eigenvalue weighted by Gasteiger charge is 2.45. The zero-order valence-corrected chi connectivity index (χ0v) is 17.3. The van der Waals surface area contributed by atoms with Gasteiger partial charge in [0.1, 0.15) is 5.76 Å². The van der Waals surface area contributed by atoms with Crippen LogP contribution in [0.25, 0.3) is 5.76 Å². The molecule has 0 aliphatic carbocycles. The molecule has 0 saturated carbocycles. The van der Waals surface area contributed by atoms with Crippen molar-refractivity contribution in [3.05, 3.63) is 82.4 Å². The number of carbonyl (C=O) groups is 2. The van der Waals surface area contributed by atoms with Gasteiger partial charge in [0.05, 0.1) is 11.6 Å². The van der Waals surface area contributed by atoms with Gasteiger partial charge in [0, 0.05) is 36.4 Å². The maximum atomic E-state index is 12.8. The van der Waals surface area contributed by atoms with E-state index in [0.29, 0.717) is 5.56 Å². The number of Topliss-reactive ketones (excluding diaryl/α,β-unsaturated/α-hetero) is 1. The van der Waals surface area contributed by atoms with Crippen LogP contribution in [0, 0.1) is 0 Å². The molecule has 0 aromatic heterocycles. The van der Waals surface area contributed by atoms with Gasteiger partial charge < -0.3 is 14.9 Å². The molecule has 3 rings (SSSR count). The summed E-state index contributed by atoms with van der Waals surface area (Å²) < 4.78 is 0.854. The largest absolute Gasteiger partial charge is 0.507 e. The number of carbonyl (C=O) groups excluding carboxylic acids is 2. The van der Waals surface area contributed by atoms with Crippen molar-refractivity contribution in [2.24, 2.45) is 0 Å². The minimum atomic E-state index is -0.691. The Bertz CT molecular complexity index is 947.